The van der Waals surface area contributed by atoms with Crippen LogP contribution >= 0.6 is 0 Å². The van der Waals surface area contributed by atoms with Gasteiger partial charge in [0.25, 0.3) is 5.91 Å². The lowest BCUT2D eigenvalue weighted by Crippen LogP contribution is -2.45. The van der Waals surface area contributed by atoms with Gasteiger partial charge in [0, 0.05) is 31.0 Å². The maximum absolute atomic E-state index is 11.8. The summed E-state index contributed by atoms with van der Waals surface area (Å²) in [6.45, 7) is 1.38. The second-order valence-corrected chi connectivity index (χ2v) is 3.91. The number of aromatic nitrogens is 1. The Labute approximate surface area is 99.7 Å². The monoisotopic (exact) mass is 233 g/mol. The fraction of sp³-hybridized carbons (Fsp3) is 0.333. The van der Waals surface area contributed by atoms with E-state index in [4.69, 9.17) is 5.11 Å². The predicted molar refractivity (Wildman–Crippen MR) is 63.1 cm³/mol. The number of pyridine rings is 1. The molecule has 2 rings (SSSR count). The van der Waals surface area contributed by atoms with Crippen LogP contribution in [0, 0.1) is 0 Å². The van der Waals surface area contributed by atoms with Crippen molar-refractivity contribution in [1.29, 1.82) is 0 Å². The van der Waals surface area contributed by atoms with Crippen LogP contribution in [0.3, 0.4) is 0 Å². The molecular weight excluding hydrogens is 218 g/mol. The molecule has 0 saturated carbocycles. The van der Waals surface area contributed by atoms with E-state index in [9.17, 15) is 4.79 Å². The number of rotatable bonds is 3. The van der Waals surface area contributed by atoms with Crippen molar-refractivity contribution < 1.29 is 9.90 Å². The summed E-state index contributed by atoms with van der Waals surface area (Å²) in [4.78, 5) is 15.7. The Morgan fingerprint density at radius 2 is 2.24 bits per heavy atom. The van der Waals surface area contributed by atoms with Crippen LogP contribution in [0.2, 0.25) is 0 Å². The van der Waals surface area contributed by atoms with Crippen molar-refractivity contribution in [3.8, 4) is 0 Å². The highest BCUT2D eigenvalue weighted by atomic mass is 16.3. The van der Waals surface area contributed by atoms with Crippen molar-refractivity contribution in [2.75, 3.05) is 19.7 Å². The molecule has 5 heteroatoms. The number of hydrogen-bond acceptors (Lipinski definition) is 4. The van der Waals surface area contributed by atoms with Gasteiger partial charge in [0.05, 0.1) is 6.61 Å². The quantitative estimate of drug-likeness (QED) is 0.739. The number of aliphatic hydroxyl groups excluding tert-OH is 1. The van der Waals surface area contributed by atoms with Gasteiger partial charge in [-0.05, 0) is 24.1 Å². The van der Waals surface area contributed by atoms with Gasteiger partial charge in [0.1, 0.15) is 0 Å². The maximum atomic E-state index is 11.8. The first kappa shape index (κ1) is 11.8. The molecule has 0 fully saturated rings. The van der Waals surface area contributed by atoms with E-state index >= 15 is 0 Å². The third kappa shape index (κ3) is 3.12. The first-order valence-corrected chi connectivity index (χ1v) is 5.54. The van der Waals surface area contributed by atoms with Crippen molar-refractivity contribution in [2.24, 2.45) is 0 Å². The molecule has 0 aromatic carbocycles. The predicted octanol–water partition coefficient (Wildman–Crippen LogP) is 0.351. The van der Waals surface area contributed by atoms with Gasteiger partial charge < -0.3 is 5.11 Å². The topological polar surface area (TPSA) is 65.5 Å². The molecule has 1 aromatic rings. The standard InChI is InChI=1S/C12H15N3O2/c16-9-10-2-1-7-15(8-10)14-12(17)11-3-5-13-6-4-11/h2-6,16H,1,7-9H2,(H,14,17). The normalized spacial score (nSPS) is 16.4. The van der Waals surface area contributed by atoms with Crippen LogP contribution in [0.4, 0.5) is 0 Å². The maximum Gasteiger partial charge on any atom is 0.265 e. The molecule has 2 heterocycles. The van der Waals surface area contributed by atoms with Crippen LogP contribution in [-0.2, 0) is 0 Å². The van der Waals surface area contributed by atoms with Gasteiger partial charge in [0.2, 0.25) is 0 Å². The minimum absolute atomic E-state index is 0.0433. The zero-order valence-corrected chi connectivity index (χ0v) is 9.47. The lowest BCUT2D eigenvalue weighted by Gasteiger charge is -2.26. The van der Waals surface area contributed by atoms with Crippen molar-refractivity contribution in [1.82, 2.24) is 15.4 Å². The van der Waals surface area contributed by atoms with E-state index in [-0.39, 0.29) is 12.5 Å². The molecule has 90 valence electrons. The molecule has 0 atom stereocenters. The molecule has 0 bridgehead atoms. The van der Waals surface area contributed by atoms with Crippen LogP contribution < -0.4 is 5.43 Å². The molecule has 17 heavy (non-hydrogen) atoms. The van der Waals surface area contributed by atoms with Crippen molar-refractivity contribution in [3.63, 3.8) is 0 Å². The molecule has 0 unspecified atom stereocenters. The van der Waals surface area contributed by atoms with E-state index in [0.717, 1.165) is 18.5 Å². The van der Waals surface area contributed by atoms with Gasteiger partial charge in [-0.2, -0.15) is 0 Å². The summed E-state index contributed by atoms with van der Waals surface area (Å²) in [5.41, 5.74) is 4.33. The Bertz CT molecular complexity index is 417. The third-order valence-electron chi connectivity index (χ3n) is 2.63. The lowest BCUT2D eigenvalue weighted by atomic mass is 10.1. The number of amides is 1. The van der Waals surface area contributed by atoms with Crippen molar-refractivity contribution >= 4 is 5.91 Å². The van der Waals surface area contributed by atoms with Crippen LogP contribution in [0.5, 0.6) is 0 Å². The fourth-order valence-electron chi connectivity index (χ4n) is 1.73. The van der Waals surface area contributed by atoms with Crippen LogP contribution in [-0.4, -0.2) is 40.7 Å². The average molecular weight is 233 g/mol. The Kier molecular flexibility index (Phi) is 3.85. The first-order chi connectivity index (χ1) is 8.29. The summed E-state index contributed by atoms with van der Waals surface area (Å²) in [5, 5.41) is 10.9. The van der Waals surface area contributed by atoms with Gasteiger partial charge in [0.15, 0.2) is 0 Å². The fourth-order valence-corrected chi connectivity index (χ4v) is 1.73. The number of carbonyl (C=O) groups excluding carboxylic acids is 1. The molecule has 5 nitrogen and oxygen atoms in total. The number of nitrogens with zero attached hydrogens (tertiary/aromatic N) is 2. The van der Waals surface area contributed by atoms with E-state index in [1.54, 1.807) is 24.5 Å². The molecule has 2 N–H and O–H groups in total. The number of carbonyl (C=O) groups is 1. The second-order valence-electron chi connectivity index (χ2n) is 3.91. The number of nitrogens with one attached hydrogen (secondary N) is 1. The highest BCUT2D eigenvalue weighted by molar-refractivity contribution is 5.93. The molecule has 1 aliphatic rings. The Hall–Kier alpha value is -1.72. The first-order valence-electron chi connectivity index (χ1n) is 5.54. The number of aliphatic hydroxyl groups is 1. The van der Waals surface area contributed by atoms with E-state index < -0.39 is 0 Å². The van der Waals surface area contributed by atoms with Gasteiger partial charge in [-0.3, -0.25) is 15.2 Å². The van der Waals surface area contributed by atoms with Crippen molar-refractivity contribution in [2.45, 2.75) is 6.42 Å². The highest BCUT2D eigenvalue weighted by Gasteiger charge is 2.14. The molecule has 0 aliphatic carbocycles. The Balaban J connectivity index is 1.94. The van der Waals surface area contributed by atoms with E-state index in [2.05, 4.69) is 10.4 Å². The summed E-state index contributed by atoms with van der Waals surface area (Å²) < 4.78 is 0. The minimum Gasteiger partial charge on any atom is -0.392 e. The van der Waals surface area contributed by atoms with Crippen LogP contribution in [0.15, 0.2) is 36.2 Å². The number of hydrogen-bond donors (Lipinski definition) is 2. The summed E-state index contributed by atoms with van der Waals surface area (Å²) in [7, 11) is 0. The SMILES string of the molecule is O=C(NN1CCC=C(CO)C1)c1ccncc1. The number of hydrazine groups is 1. The van der Waals surface area contributed by atoms with Crippen molar-refractivity contribution in [3.05, 3.63) is 41.7 Å². The molecule has 1 amide bonds. The second kappa shape index (κ2) is 5.56. The molecule has 0 saturated heterocycles. The van der Waals surface area contributed by atoms with Gasteiger partial charge in [-0.25, -0.2) is 5.01 Å². The van der Waals surface area contributed by atoms with Crippen LogP contribution in [0.1, 0.15) is 16.8 Å². The zero-order valence-electron chi connectivity index (χ0n) is 9.47. The van der Waals surface area contributed by atoms with Gasteiger partial charge >= 0.3 is 0 Å². The largest absolute Gasteiger partial charge is 0.392 e. The Morgan fingerprint density at radius 3 is 2.94 bits per heavy atom. The van der Waals surface area contributed by atoms with Gasteiger partial charge in [-0.1, -0.05) is 6.08 Å². The average Bonchev–Trinajstić information content (AvgIpc) is 2.40. The van der Waals surface area contributed by atoms with E-state index in [1.165, 1.54) is 0 Å². The van der Waals surface area contributed by atoms with E-state index in [0.29, 0.717) is 12.1 Å². The van der Waals surface area contributed by atoms with Gasteiger partial charge in [-0.15, -0.1) is 0 Å². The summed E-state index contributed by atoms with van der Waals surface area (Å²) in [6.07, 6.45) is 6.02. The zero-order chi connectivity index (χ0) is 12.1. The molecule has 0 radical (unpaired) electrons. The molecule has 0 spiro atoms. The summed E-state index contributed by atoms with van der Waals surface area (Å²) in [6, 6.07) is 3.34. The lowest BCUT2D eigenvalue weighted by molar-refractivity contribution is 0.0793. The summed E-state index contributed by atoms with van der Waals surface area (Å²) >= 11 is 0. The summed E-state index contributed by atoms with van der Waals surface area (Å²) in [5.74, 6) is -0.147. The smallest absolute Gasteiger partial charge is 0.265 e. The minimum atomic E-state index is -0.147. The highest BCUT2D eigenvalue weighted by Crippen LogP contribution is 2.07. The third-order valence-corrected chi connectivity index (χ3v) is 2.63. The molecular formula is C12H15N3O2. The van der Waals surface area contributed by atoms with Crippen LogP contribution in [0.25, 0.3) is 0 Å². The Morgan fingerprint density at radius 1 is 1.47 bits per heavy atom. The molecule has 1 aliphatic heterocycles. The van der Waals surface area contributed by atoms with E-state index in [1.807, 2.05) is 11.1 Å². The molecule has 1 aromatic heterocycles.